The molecule has 0 saturated carbocycles. The average molecular weight is 559 g/mol. The Morgan fingerprint density at radius 2 is 1.94 bits per heavy atom. The SMILES string of the molecule is CCNC(=NCCOc1ccccc1C(C)(C)C)NC1CCN(CC2CCOC2)CC1.I. The van der Waals surface area contributed by atoms with Gasteiger partial charge in [0, 0.05) is 38.8 Å². The van der Waals surface area contributed by atoms with Gasteiger partial charge in [-0.05, 0) is 49.1 Å². The number of benzene rings is 1. The highest BCUT2D eigenvalue weighted by Gasteiger charge is 2.24. The van der Waals surface area contributed by atoms with Gasteiger partial charge in [0.15, 0.2) is 5.96 Å². The quantitative estimate of drug-likeness (QED) is 0.219. The van der Waals surface area contributed by atoms with Crippen molar-refractivity contribution >= 4 is 29.9 Å². The third-order valence-corrected chi connectivity index (χ3v) is 6.13. The van der Waals surface area contributed by atoms with Crippen molar-refractivity contribution in [1.29, 1.82) is 0 Å². The molecule has 7 heteroatoms. The lowest BCUT2D eigenvalue weighted by atomic mass is 9.86. The lowest BCUT2D eigenvalue weighted by molar-refractivity contribution is 0.150. The minimum atomic E-state index is 0. The Balaban J connectivity index is 0.00000363. The summed E-state index contributed by atoms with van der Waals surface area (Å²) >= 11 is 0. The van der Waals surface area contributed by atoms with Crippen LogP contribution in [0.3, 0.4) is 0 Å². The van der Waals surface area contributed by atoms with Crippen molar-refractivity contribution in [1.82, 2.24) is 15.5 Å². The first-order valence-electron chi connectivity index (χ1n) is 12.0. The fourth-order valence-electron chi connectivity index (χ4n) is 4.39. The number of guanidine groups is 1. The molecule has 2 heterocycles. The summed E-state index contributed by atoms with van der Waals surface area (Å²) in [6.07, 6.45) is 3.54. The summed E-state index contributed by atoms with van der Waals surface area (Å²) in [6, 6.07) is 8.80. The second-order valence-electron chi connectivity index (χ2n) is 9.80. The van der Waals surface area contributed by atoms with Crippen LogP contribution in [0.5, 0.6) is 5.75 Å². The first-order valence-corrected chi connectivity index (χ1v) is 12.0. The van der Waals surface area contributed by atoms with Gasteiger partial charge in [0.2, 0.25) is 0 Å². The number of aliphatic imine (C=N–C) groups is 1. The van der Waals surface area contributed by atoms with Crippen LogP contribution in [0, 0.1) is 5.92 Å². The number of nitrogens with zero attached hydrogens (tertiary/aromatic N) is 2. The van der Waals surface area contributed by atoms with E-state index in [1.807, 2.05) is 6.07 Å². The van der Waals surface area contributed by atoms with Crippen LogP contribution in [0.4, 0.5) is 0 Å². The number of ether oxygens (including phenoxy) is 2. The van der Waals surface area contributed by atoms with Crippen LogP contribution in [0.2, 0.25) is 0 Å². The van der Waals surface area contributed by atoms with E-state index >= 15 is 0 Å². The van der Waals surface area contributed by atoms with Crippen molar-refractivity contribution in [3.63, 3.8) is 0 Å². The van der Waals surface area contributed by atoms with Gasteiger partial charge in [-0.1, -0.05) is 39.0 Å². The largest absolute Gasteiger partial charge is 0.491 e. The number of piperidine rings is 1. The highest BCUT2D eigenvalue weighted by atomic mass is 127. The van der Waals surface area contributed by atoms with E-state index in [1.54, 1.807) is 0 Å². The molecule has 2 fully saturated rings. The molecule has 3 rings (SSSR count). The number of halogens is 1. The number of rotatable bonds is 8. The number of nitrogens with one attached hydrogen (secondary N) is 2. The molecule has 1 atom stereocenters. The fraction of sp³-hybridized carbons (Fsp3) is 0.720. The van der Waals surface area contributed by atoms with Gasteiger partial charge in [0.1, 0.15) is 12.4 Å². The van der Waals surface area contributed by atoms with Gasteiger partial charge < -0.3 is 25.0 Å². The third-order valence-electron chi connectivity index (χ3n) is 6.13. The highest BCUT2D eigenvalue weighted by Crippen LogP contribution is 2.30. The van der Waals surface area contributed by atoms with E-state index in [2.05, 4.69) is 61.4 Å². The van der Waals surface area contributed by atoms with Crippen molar-refractivity contribution in [2.45, 2.75) is 58.4 Å². The summed E-state index contributed by atoms with van der Waals surface area (Å²) < 4.78 is 11.6. The standard InChI is InChI=1S/C25H42N4O2.HI/c1-5-26-24(27-13-17-31-23-9-7-6-8-22(23)25(2,3)4)28-21-10-14-29(15-11-21)18-20-12-16-30-19-20;/h6-9,20-21H,5,10-19H2,1-4H3,(H2,26,27,28);1H. The average Bonchev–Trinajstić information content (AvgIpc) is 3.25. The monoisotopic (exact) mass is 558 g/mol. The van der Waals surface area contributed by atoms with E-state index in [0.29, 0.717) is 19.2 Å². The first kappa shape index (κ1) is 27.2. The van der Waals surface area contributed by atoms with Crippen LogP contribution < -0.4 is 15.4 Å². The number of hydrogen-bond donors (Lipinski definition) is 2. The molecular formula is C25H43IN4O2. The zero-order valence-corrected chi connectivity index (χ0v) is 22.7. The molecule has 0 spiro atoms. The lowest BCUT2D eigenvalue weighted by Crippen LogP contribution is -2.49. The van der Waals surface area contributed by atoms with Crippen molar-refractivity contribution < 1.29 is 9.47 Å². The molecule has 0 bridgehead atoms. The topological polar surface area (TPSA) is 58.1 Å². The fourth-order valence-corrected chi connectivity index (χ4v) is 4.39. The van der Waals surface area contributed by atoms with E-state index in [9.17, 15) is 0 Å². The molecule has 0 aliphatic carbocycles. The lowest BCUT2D eigenvalue weighted by Gasteiger charge is -2.34. The smallest absolute Gasteiger partial charge is 0.191 e. The normalized spacial score (nSPS) is 20.6. The zero-order chi connectivity index (χ0) is 22.1. The van der Waals surface area contributed by atoms with Gasteiger partial charge in [-0.15, -0.1) is 24.0 Å². The molecule has 0 radical (unpaired) electrons. The van der Waals surface area contributed by atoms with E-state index in [1.165, 1.54) is 18.5 Å². The molecule has 1 unspecified atom stereocenters. The Morgan fingerprint density at radius 3 is 2.59 bits per heavy atom. The predicted octanol–water partition coefficient (Wildman–Crippen LogP) is 4.04. The first-order chi connectivity index (χ1) is 15.0. The molecule has 2 saturated heterocycles. The van der Waals surface area contributed by atoms with Gasteiger partial charge in [-0.2, -0.15) is 0 Å². The summed E-state index contributed by atoms with van der Waals surface area (Å²) in [4.78, 5) is 7.36. The predicted molar refractivity (Wildman–Crippen MR) is 144 cm³/mol. The van der Waals surface area contributed by atoms with E-state index in [0.717, 1.165) is 63.3 Å². The second kappa shape index (κ2) is 13.6. The Morgan fingerprint density at radius 1 is 1.19 bits per heavy atom. The zero-order valence-electron chi connectivity index (χ0n) is 20.4. The van der Waals surface area contributed by atoms with E-state index in [4.69, 9.17) is 14.5 Å². The van der Waals surface area contributed by atoms with Gasteiger partial charge in [0.05, 0.1) is 13.2 Å². The molecule has 2 aliphatic rings. The summed E-state index contributed by atoms with van der Waals surface area (Å²) in [7, 11) is 0. The molecule has 0 amide bonds. The van der Waals surface area contributed by atoms with Gasteiger partial charge in [-0.3, -0.25) is 0 Å². The van der Waals surface area contributed by atoms with Crippen molar-refractivity contribution in [2.24, 2.45) is 10.9 Å². The molecule has 2 N–H and O–H groups in total. The molecule has 1 aromatic rings. The summed E-state index contributed by atoms with van der Waals surface area (Å²) in [5.74, 6) is 2.59. The van der Waals surface area contributed by atoms with Crippen molar-refractivity contribution in [3.8, 4) is 5.75 Å². The maximum Gasteiger partial charge on any atom is 0.191 e. The minimum Gasteiger partial charge on any atom is -0.491 e. The molecule has 1 aromatic carbocycles. The summed E-state index contributed by atoms with van der Waals surface area (Å²) in [6.45, 7) is 16.2. The van der Waals surface area contributed by atoms with Crippen molar-refractivity contribution in [3.05, 3.63) is 29.8 Å². The van der Waals surface area contributed by atoms with E-state index in [-0.39, 0.29) is 29.4 Å². The minimum absolute atomic E-state index is 0. The number of likely N-dealkylation sites (tertiary alicyclic amines) is 1. The molecule has 32 heavy (non-hydrogen) atoms. The molecule has 182 valence electrons. The Hall–Kier alpha value is -1.06. The van der Waals surface area contributed by atoms with Crippen LogP contribution in [0.15, 0.2) is 29.3 Å². The van der Waals surface area contributed by atoms with Crippen LogP contribution in [-0.4, -0.2) is 69.4 Å². The third kappa shape index (κ3) is 8.71. The summed E-state index contributed by atoms with van der Waals surface area (Å²) in [5, 5.41) is 7.02. The molecule has 0 aromatic heterocycles. The van der Waals surface area contributed by atoms with Crippen molar-refractivity contribution in [2.75, 3.05) is 52.5 Å². The van der Waals surface area contributed by atoms with Crippen LogP contribution in [-0.2, 0) is 10.2 Å². The van der Waals surface area contributed by atoms with Crippen LogP contribution in [0.25, 0.3) is 0 Å². The molecule has 2 aliphatic heterocycles. The summed E-state index contributed by atoms with van der Waals surface area (Å²) in [5.41, 5.74) is 1.30. The second-order valence-corrected chi connectivity index (χ2v) is 9.80. The number of hydrogen-bond acceptors (Lipinski definition) is 4. The highest BCUT2D eigenvalue weighted by molar-refractivity contribution is 14.0. The Bertz CT molecular complexity index is 693. The number of para-hydroxylation sites is 1. The van der Waals surface area contributed by atoms with Gasteiger partial charge in [-0.25, -0.2) is 4.99 Å². The Kier molecular flexibility index (Phi) is 11.6. The van der Waals surface area contributed by atoms with Crippen LogP contribution in [0.1, 0.15) is 52.5 Å². The maximum absolute atomic E-state index is 6.08. The van der Waals surface area contributed by atoms with Gasteiger partial charge in [0.25, 0.3) is 0 Å². The van der Waals surface area contributed by atoms with E-state index < -0.39 is 0 Å². The molecule has 6 nitrogen and oxygen atoms in total. The maximum atomic E-state index is 6.08. The van der Waals surface area contributed by atoms with Crippen LogP contribution >= 0.6 is 24.0 Å². The molecular weight excluding hydrogens is 515 g/mol. The van der Waals surface area contributed by atoms with Gasteiger partial charge >= 0.3 is 0 Å². The Labute approximate surface area is 211 Å².